The number of hydrogen-bond donors (Lipinski definition) is 1. The van der Waals surface area contributed by atoms with Crippen LogP contribution in [-0.4, -0.2) is 55.3 Å². The minimum absolute atomic E-state index is 0.0136. The molecule has 1 aromatic heterocycles. The zero-order valence-corrected chi connectivity index (χ0v) is 20.1. The summed E-state index contributed by atoms with van der Waals surface area (Å²) in [4.78, 5) is 15.0. The first-order valence-electron chi connectivity index (χ1n) is 11.1. The summed E-state index contributed by atoms with van der Waals surface area (Å²) in [5.74, 6) is -1.93. The molecule has 2 N–H and O–H groups in total. The molecule has 0 unspecified atom stereocenters. The fraction of sp³-hybridized carbons (Fsp3) is 0.250. The van der Waals surface area contributed by atoms with E-state index in [-0.39, 0.29) is 50.0 Å². The van der Waals surface area contributed by atoms with Crippen LogP contribution in [0.2, 0.25) is 0 Å². The van der Waals surface area contributed by atoms with Crippen molar-refractivity contribution < 1.29 is 21.9 Å². The van der Waals surface area contributed by atoms with Gasteiger partial charge >= 0.3 is 5.56 Å². The van der Waals surface area contributed by atoms with Crippen molar-refractivity contribution in [2.75, 3.05) is 43.4 Å². The highest BCUT2D eigenvalue weighted by atomic mass is 32.2. The van der Waals surface area contributed by atoms with Gasteiger partial charge in [0.05, 0.1) is 17.6 Å². The summed E-state index contributed by atoms with van der Waals surface area (Å²) >= 11 is 0. The molecule has 0 spiro atoms. The van der Waals surface area contributed by atoms with Gasteiger partial charge in [-0.05, 0) is 29.8 Å². The summed E-state index contributed by atoms with van der Waals surface area (Å²) in [6, 6.07) is 9.33. The number of nitrogens with two attached hydrogens (primary N) is 1. The summed E-state index contributed by atoms with van der Waals surface area (Å²) in [5.41, 5.74) is 6.41. The number of rotatable bonds is 8. The van der Waals surface area contributed by atoms with Gasteiger partial charge in [0.1, 0.15) is 23.9 Å². The van der Waals surface area contributed by atoms with Crippen molar-refractivity contribution >= 4 is 21.4 Å². The van der Waals surface area contributed by atoms with Gasteiger partial charge in [-0.2, -0.15) is 14.1 Å². The Morgan fingerprint density at radius 2 is 1.69 bits per heavy atom. The second-order valence-corrected chi connectivity index (χ2v) is 10.2. The zero-order valence-electron chi connectivity index (χ0n) is 19.3. The monoisotopic (exact) mass is 517 g/mol. The third-order valence-electron chi connectivity index (χ3n) is 5.65. The lowest BCUT2D eigenvalue weighted by Gasteiger charge is -2.35. The third kappa shape index (κ3) is 5.55. The Bertz CT molecular complexity index is 1400. The number of halogens is 2. The average Bonchev–Trinajstić information content (AvgIpc) is 2.84. The Morgan fingerprint density at radius 1 is 1.06 bits per heavy atom. The number of ether oxygens (including phenoxy) is 1. The summed E-state index contributed by atoms with van der Waals surface area (Å²) in [5, 5.41) is 4.09. The molecule has 9 nitrogen and oxygen atoms in total. The fourth-order valence-corrected chi connectivity index (χ4v) is 5.42. The zero-order chi connectivity index (χ0) is 25.9. The van der Waals surface area contributed by atoms with E-state index in [1.165, 1.54) is 16.6 Å². The Hall–Kier alpha value is -3.77. The number of aromatic nitrogens is 2. The van der Waals surface area contributed by atoms with E-state index in [0.717, 1.165) is 16.8 Å². The van der Waals surface area contributed by atoms with Gasteiger partial charge in [0.2, 0.25) is 15.8 Å². The lowest BCUT2D eigenvalue weighted by Crippen LogP contribution is -2.49. The molecule has 4 rings (SSSR count). The topological polar surface area (TPSA) is 111 Å². The van der Waals surface area contributed by atoms with Crippen LogP contribution in [-0.2, 0) is 15.8 Å². The van der Waals surface area contributed by atoms with Crippen LogP contribution < -0.4 is 20.9 Å². The second kappa shape index (κ2) is 10.5. The van der Waals surface area contributed by atoms with Gasteiger partial charge in [0.25, 0.3) is 0 Å². The molecule has 2 aromatic carbocycles. The maximum absolute atomic E-state index is 13.7. The Labute approximate surface area is 207 Å². The summed E-state index contributed by atoms with van der Waals surface area (Å²) in [6.07, 6.45) is 2.82. The maximum Gasteiger partial charge on any atom is 0.316 e. The Balaban J connectivity index is 1.56. The summed E-state index contributed by atoms with van der Waals surface area (Å²) < 4.78 is 61.1. The maximum atomic E-state index is 13.7. The number of nitrogen functional groups attached to an aromatic ring is 1. The number of sulfonamides is 1. The second-order valence-electron chi connectivity index (χ2n) is 8.19. The van der Waals surface area contributed by atoms with Crippen LogP contribution in [0.5, 0.6) is 5.75 Å². The van der Waals surface area contributed by atoms with Crippen LogP contribution in [0, 0.1) is 11.6 Å². The normalized spacial score (nSPS) is 14.6. The smallest absolute Gasteiger partial charge is 0.316 e. The van der Waals surface area contributed by atoms with Crippen molar-refractivity contribution in [3.05, 3.63) is 88.9 Å². The Morgan fingerprint density at radius 3 is 2.31 bits per heavy atom. The van der Waals surface area contributed by atoms with Crippen molar-refractivity contribution in [2.45, 2.75) is 5.75 Å². The van der Waals surface area contributed by atoms with Crippen molar-refractivity contribution in [1.29, 1.82) is 0 Å². The van der Waals surface area contributed by atoms with Crippen molar-refractivity contribution in [2.24, 2.45) is 0 Å². The number of anilines is 2. The summed E-state index contributed by atoms with van der Waals surface area (Å²) in [6.45, 7) is 4.55. The largest absolute Gasteiger partial charge is 0.482 e. The average molecular weight is 518 g/mol. The molecule has 0 saturated carbocycles. The predicted octanol–water partition coefficient (Wildman–Crippen LogP) is 2.31. The van der Waals surface area contributed by atoms with E-state index >= 15 is 0 Å². The quantitative estimate of drug-likeness (QED) is 0.361. The van der Waals surface area contributed by atoms with Crippen LogP contribution in [0.3, 0.4) is 0 Å². The molecule has 190 valence electrons. The molecule has 0 amide bonds. The van der Waals surface area contributed by atoms with E-state index in [1.807, 2.05) is 0 Å². The van der Waals surface area contributed by atoms with Gasteiger partial charge in [0, 0.05) is 37.9 Å². The van der Waals surface area contributed by atoms with Gasteiger partial charge in [0.15, 0.2) is 0 Å². The number of piperazine rings is 1. The molecule has 0 aliphatic carbocycles. The summed E-state index contributed by atoms with van der Waals surface area (Å²) in [7, 11) is -3.57. The minimum Gasteiger partial charge on any atom is -0.482 e. The van der Waals surface area contributed by atoms with Gasteiger partial charge < -0.3 is 15.4 Å². The number of benzene rings is 2. The lowest BCUT2D eigenvalue weighted by atomic mass is 10.2. The molecule has 12 heteroatoms. The molecule has 1 saturated heterocycles. The van der Waals surface area contributed by atoms with E-state index in [0.29, 0.717) is 23.0 Å². The predicted molar refractivity (Wildman–Crippen MR) is 133 cm³/mol. The molecule has 2 heterocycles. The van der Waals surface area contributed by atoms with Gasteiger partial charge in [-0.3, -0.25) is 4.79 Å². The van der Waals surface area contributed by atoms with E-state index in [4.69, 9.17) is 10.5 Å². The third-order valence-corrected chi connectivity index (χ3v) is 7.50. The molecule has 1 fully saturated rings. The van der Waals surface area contributed by atoms with E-state index < -0.39 is 27.2 Å². The first-order chi connectivity index (χ1) is 17.2. The molecule has 0 atom stereocenters. The number of hydrogen-bond acceptors (Lipinski definition) is 7. The highest BCUT2D eigenvalue weighted by Gasteiger charge is 2.29. The highest BCUT2D eigenvalue weighted by Crippen LogP contribution is 2.27. The van der Waals surface area contributed by atoms with Crippen molar-refractivity contribution in [1.82, 2.24) is 14.1 Å². The fourth-order valence-electron chi connectivity index (χ4n) is 3.90. The van der Waals surface area contributed by atoms with E-state index in [2.05, 4.69) is 11.7 Å². The molecule has 1 aliphatic heterocycles. The highest BCUT2D eigenvalue weighted by molar-refractivity contribution is 7.88. The molecular weight excluding hydrogens is 492 g/mol. The molecule has 36 heavy (non-hydrogen) atoms. The molecule has 3 aromatic rings. The van der Waals surface area contributed by atoms with Crippen molar-refractivity contribution in [3.8, 4) is 11.4 Å². The van der Waals surface area contributed by atoms with Gasteiger partial charge in [-0.15, -0.1) is 0 Å². The Kier molecular flexibility index (Phi) is 7.36. The SMILES string of the molecule is C=CCOc1c(N2CCN(S(=O)(=O)Cc3ccc(N)cc3)CC2)cnn(-c2cc(F)cc(F)c2)c1=O. The van der Waals surface area contributed by atoms with Crippen LogP contribution in [0.1, 0.15) is 5.56 Å². The van der Waals surface area contributed by atoms with Crippen molar-refractivity contribution in [3.63, 3.8) is 0 Å². The first kappa shape index (κ1) is 25.3. The van der Waals surface area contributed by atoms with Crippen LogP contribution in [0.4, 0.5) is 20.2 Å². The van der Waals surface area contributed by atoms with Crippen LogP contribution in [0.15, 0.2) is 66.1 Å². The van der Waals surface area contributed by atoms with Gasteiger partial charge in [-0.1, -0.05) is 24.8 Å². The number of nitrogens with zero attached hydrogens (tertiary/aromatic N) is 4. The lowest BCUT2D eigenvalue weighted by molar-refractivity contribution is 0.348. The molecule has 0 bridgehead atoms. The van der Waals surface area contributed by atoms with E-state index in [1.54, 1.807) is 29.2 Å². The van der Waals surface area contributed by atoms with Crippen LogP contribution >= 0.6 is 0 Å². The molecular formula is C24H25F2N5O4S. The van der Waals surface area contributed by atoms with Crippen LogP contribution in [0.25, 0.3) is 5.69 Å². The van der Waals surface area contributed by atoms with Gasteiger partial charge in [-0.25, -0.2) is 17.2 Å². The standard InChI is InChI=1S/C24H25F2N5O4S/c1-2-11-35-23-22(15-28-31(24(23)32)21-13-18(25)12-19(26)14-21)29-7-9-30(10-8-29)36(33,34)16-17-3-5-20(27)6-4-17/h2-6,12-15H,1,7-11,16,27H2. The molecule has 0 radical (unpaired) electrons. The first-order valence-corrected chi connectivity index (χ1v) is 12.7. The minimum atomic E-state index is -3.57. The van der Waals surface area contributed by atoms with E-state index in [9.17, 15) is 22.0 Å². The molecule has 1 aliphatic rings.